The maximum absolute atomic E-state index is 12.3. The van der Waals surface area contributed by atoms with E-state index in [4.69, 9.17) is 0 Å². The van der Waals surface area contributed by atoms with Crippen LogP contribution in [0.1, 0.15) is 57.3 Å². The van der Waals surface area contributed by atoms with Crippen molar-refractivity contribution in [2.24, 2.45) is 5.41 Å². The Labute approximate surface area is 146 Å². The molecule has 0 bridgehead atoms. The number of likely N-dealkylation sites (tertiary alicyclic amines) is 1. The fourth-order valence-electron chi connectivity index (χ4n) is 3.25. The van der Waals surface area contributed by atoms with Crippen molar-refractivity contribution in [1.82, 2.24) is 10.2 Å². The molecule has 1 aliphatic rings. The van der Waals surface area contributed by atoms with E-state index in [2.05, 4.69) is 26.1 Å². The van der Waals surface area contributed by atoms with Gasteiger partial charge in [-0.1, -0.05) is 45.0 Å². The van der Waals surface area contributed by atoms with Gasteiger partial charge in [-0.3, -0.25) is 4.79 Å². The second kappa shape index (κ2) is 8.13. The van der Waals surface area contributed by atoms with E-state index < -0.39 is 6.10 Å². The lowest BCUT2D eigenvalue weighted by molar-refractivity contribution is -0.134. The number of benzene rings is 1. The number of aryl methyl sites for hydroxylation is 1. The molecule has 1 fully saturated rings. The Bertz CT molecular complexity index is 543. The molecule has 134 valence electrons. The number of hydrogen-bond acceptors (Lipinski definition) is 3. The molecule has 1 aromatic rings. The topological polar surface area (TPSA) is 52.6 Å². The molecule has 1 heterocycles. The van der Waals surface area contributed by atoms with Crippen LogP contribution in [-0.2, 0) is 4.79 Å². The van der Waals surface area contributed by atoms with Crippen LogP contribution in [0.15, 0.2) is 24.3 Å². The Balaban J connectivity index is 1.75. The third-order valence-corrected chi connectivity index (χ3v) is 4.68. The van der Waals surface area contributed by atoms with Crippen LogP contribution in [-0.4, -0.2) is 41.6 Å². The molecular weight excluding hydrogens is 300 g/mol. The number of hydrogen-bond donors (Lipinski definition) is 2. The lowest BCUT2D eigenvalue weighted by atomic mass is 9.91. The maximum atomic E-state index is 12.3. The zero-order chi connectivity index (χ0) is 17.7. The van der Waals surface area contributed by atoms with Gasteiger partial charge < -0.3 is 15.3 Å². The minimum absolute atomic E-state index is 0.0455. The highest BCUT2D eigenvalue weighted by atomic mass is 16.3. The minimum atomic E-state index is -0.480. The van der Waals surface area contributed by atoms with Gasteiger partial charge in [-0.15, -0.1) is 0 Å². The number of nitrogens with zero attached hydrogens (tertiary/aromatic N) is 1. The van der Waals surface area contributed by atoms with Crippen molar-refractivity contribution in [2.75, 3.05) is 19.6 Å². The predicted octanol–water partition coefficient (Wildman–Crippen LogP) is 3.05. The van der Waals surface area contributed by atoms with Crippen molar-refractivity contribution in [3.8, 4) is 0 Å². The van der Waals surface area contributed by atoms with Gasteiger partial charge >= 0.3 is 0 Å². The Morgan fingerprint density at radius 2 is 1.92 bits per heavy atom. The van der Waals surface area contributed by atoms with Gasteiger partial charge in [0.25, 0.3) is 0 Å². The maximum Gasteiger partial charge on any atom is 0.223 e. The highest BCUT2D eigenvalue weighted by molar-refractivity contribution is 5.76. The molecule has 4 heteroatoms. The van der Waals surface area contributed by atoms with Gasteiger partial charge in [0.2, 0.25) is 5.91 Å². The molecule has 1 atom stereocenters. The van der Waals surface area contributed by atoms with Crippen LogP contribution in [0.5, 0.6) is 0 Å². The Hall–Kier alpha value is -1.39. The number of piperidine rings is 1. The third kappa shape index (κ3) is 5.60. The number of nitrogens with one attached hydrogen (secondary N) is 1. The van der Waals surface area contributed by atoms with Gasteiger partial charge in [0.1, 0.15) is 0 Å². The molecule has 2 rings (SSSR count). The van der Waals surface area contributed by atoms with E-state index in [1.807, 2.05) is 36.1 Å². The van der Waals surface area contributed by atoms with Gasteiger partial charge in [0, 0.05) is 32.1 Å². The monoisotopic (exact) mass is 332 g/mol. The summed E-state index contributed by atoms with van der Waals surface area (Å²) in [4.78, 5) is 14.3. The number of amides is 1. The van der Waals surface area contributed by atoms with Crippen molar-refractivity contribution < 1.29 is 9.90 Å². The Kier molecular flexibility index (Phi) is 6.41. The second-order valence-corrected chi connectivity index (χ2v) is 8.17. The summed E-state index contributed by atoms with van der Waals surface area (Å²) in [5.74, 6) is 0.265. The number of aliphatic hydroxyl groups is 1. The number of carbonyl (C=O) groups excluding carboxylic acids is 1. The van der Waals surface area contributed by atoms with Crippen LogP contribution in [0.25, 0.3) is 0 Å². The van der Waals surface area contributed by atoms with Crippen molar-refractivity contribution >= 4 is 5.91 Å². The summed E-state index contributed by atoms with van der Waals surface area (Å²) in [5.41, 5.74) is 2.15. The van der Waals surface area contributed by atoms with Gasteiger partial charge in [0.05, 0.1) is 6.10 Å². The van der Waals surface area contributed by atoms with Gasteiger partial charge in [0.15, 0.2) is 0 Å². The van der Waals surface area contributed by atoms with Crippen LogP contribution in [0.3, 0.4) is 0 Å². The first-order valence-electron chi connectivity index (χ1n) is 9.01. The van der Waals surface area contributed by atoms with Crippen LogP contribution in [0.2, 0.25) is 0 Å². The lowest BCUT2D eigenvalue weighted by Gasteiger charge is -2.34. The van der Waals surface area contributed by atoms with Crippen LogP contribution in [0, 0.1) is 12.3 Å². The molecule has 1 amide bonds. The molecular formula is C20H32N2O2. The van der Waals surface area contributed by atoms with Gasteiger partial charge in [-0.2, -0.15) is 0 Å². The van der Waals surface area contributed by atoms with Crippen molar-refractivity contribution in [2.45, 2.75) is 59.1 Å². The normalized spacial score (nSPS) is 17.8. The molecule has 0 saturated carbocycles. The molecule has 0 aliphatic carbocycles. The zero-order valence-electron chi connectivity index (χ0n) is 15.5. The summed E-state index contributed by atoms with van der Waals surface area (Å²) in [5, 5.41) is 13.8. The fourth-order valence-corrected chi connectivity index (χ4v) is 3.25. The van der Waals surface area contributed by atoms with Crippen LogP contribution < -0.4 is 5.32 Å². The number of carbonyl (C=O) groups is 1. The first-order valence-corrected chi connectivity index (χ1v) is 9.01. The molecule has 0 spiro atoms. The second-order valence-electron chi connectivity index (χ2n) is 8.17. The highest BCUT2D eigenvalue weighted by Gasteiger charge is 2.26. The molecule has 24 heavy (non-hydrogen) atoms. The average Bonchev–Trinajstić information content (AvgIpc) is 2.52. The number of aliphatic hydroxyl groups excluding tert-OH is 1. The van der Waals surface area contributed by atoms with Crippen molar-refractivity contribution in [1.29, 1.82) is 0 Å². The molecule has 1 aliphatic heterocycles. The standard InChI is InChI=1S/C20H32N2O2/c1-15-7-5-6-8-17(15)18(23)14-21-16-9-11-22(12-10-16)19(24)13-20(2,3)4/h5-8,16,18,21,23H,9-14H2,1-4H3. The highest BCUT2D eigenvalue weighted by Crippen LogP contribution is 2.22. The quantitative estimate of drug-likeness (QED) is 0.871. The van der Waals surface area contributed by atoms with Gasteiger partial charge in [-0.05, 0) is 36.3 Å². The van der Waals surface area contributed by atoms with Crippen LogP contribution >= 0.6 is 0 Å². The van der Waals surface area contributed by atoms with Crippen molar-refractivity contribution in [3.63, 3.8) is 0 Å². The summed E-state index contributed by atoms with van der Waals surface area (Å²) >= 11 is 0. The van der Waals surface area contributed by atoms with Crippen molar-refractivity contribution in [3.05, 3.63) is 35.4 Å². The van der Waals surface area contributed by atoms with Crippen LogP contribution in [0.4, 0.5) is 0 Å². The van der Waals surface area contributed by atoms with Gasteiger partial charge in [-0.25, -0.2) is 0 Å². The van der Waals surface area contributed by atoms with E-state index in [9.17, 15) is 9.90 Å². The molecule has 1 saturated heterocycles. The Morgan fingerprint density at radius 3 is 2.50 bits per heavy atom. The molecule has 0 radical (unpaired) electrons. The summed E-state index contributed by atoms with van der Waals surface area (Å²) < 4.78 is 0. The lowest BCUT2D eigenvalue weighted by Crippen LogP contribution is -2.46. The average molecular weight is 332 g/mol. The summed E-state index contributed by atoms with van der Waals surface area (Å²) in [6.45, 7) is 10.5. The molecule has 2 N–H and O–H groups in total. The fraction of sp³-hybridized carbons (Fsp3) is 0.650. The largest absolute Gasteiger partial charge is 0.387 e. The summed E-state index contributed by atoms with van der Waals surface area (Å²) in [7, 11) is 0. The first-order chi connectivity index (χ1) is 11.3. The van der Waals surface area contributed by atoms with E-state index in [1.165, 1.54) is 0 Å². The molecule has 0 aromatic heterocycles. The predicted molar refractivity (Wildman–Crippen MR) is 97.8 cm³/mol. The zero-order valence-corrected chi connectivity index (χ0v) is 15.5. The van der Waals surface area contributed by atoms with E-state index in [0.717, 1.165) is 37.1 Å². The van der Waals surface area contributed by atoms with E-state index in [1.54, 1.807) is 0 Å². The van der Waals surface area contributed by atoms with E-state index in [0.29, 0.717) is 19.0 Å². The number of rotatable bonds is 5. The Morgan fingerprint density at radius 1 is 1.29 bits per heavy atom. The third-order valence-electron chi connectivity index (χ3n) is 4.68. The summed E-state index contributed by atoms with van der Waals surface area (Å²) in [6.07, 6.45) is 2.04. The summed E-state index contributed by atoms with van der Waals surface area (Å²) in [6, 6.07) is 8.34. The molecule has 4 nitrogen and oxygen atoms in total. The smallest absolute Gasteiger partial charge is 0.223 e. The SMILES string of the molecule is Cc1ccccc1C(O)CNC1CCN(C(=O)CC(C)(C)C)CC1. The minimum Gasteiger partial charge on any atom is -0.387 e. The van der Waals surface area contributed by atoms with E-state index >= 15 is 0 Å². The van der Waals surface area contributed by atoms with E-state index in [-0.39, 0.29) is 11.3 Å². The first kappa shape index (κ1) is 18.9. The molecule has 1 aromatic carbocycles. The molecule has 1 unspecified atom stereocenters.